The molecule has 1 rings (SSSR count). The van der Waals surface area contributed by atoms with Gasteiger partial charge >= 0.3 is 6.18 Å². The van der Waals surface area contributed by atoms with E-state index < -0.39 is 24.7 Å². The Morgan fingerprint density at radius 1 is 1.29 bits per heavy atom. The molecule has 138 valence electrons. The zero-order valence-corrected chi connectivity index (χ0v) is 14.6. The zero-order chi connectivity index (χ0) is 17.5. The monoisotopic (exact) mass is 368 g/mol. The molecule has 1 aromatic rings. The number of hydrogen-bond donors (Lipinski definition) is 1. The Labute approximate surface area is 146 Å². The van der Waals surface area contributed by atoms with E-state index in [1.54, 1.807) is 0 Å². The number of halogens is 4. The zero-order valence-electron chi connectivity index (χ0n) is 13.8. The molecule has 0 saturated carbocycles. The minimum absolute atomic E-state index is 0. The van der Waals surface area contributed by atoms with Crippen molar-refractivity contribution in [3.05, 3.63) is 35.4 Å². The number of nitrogens with two attached hydrogens (primary N) is 1. The number of carbonyl (C=O) groups is 1. The molecule has 0 radical (unpaired) electrons. The number of alkyl halides is 3. The van der Waals surface area contributed by atoms with Gasteiger partial charge in [-0.25, -0.2) is 0 Å². The molecule has 1 unspecified atom stereocenters. The maximum Gasteiger partial charge on any atom is 0.406 e. The second kappa shape index (κ2) is 10.5. The molecule has 1 atom stereocenters. The predicted molar refractivity (Wildman–Crippen MR) is 89.2 cm³/mol. The SMILES string of the molecule is COC(CN)CC(=O)N(CCc1ccc(C)cc1)CC(F)(F)F.Cl. The minimum Gasteiger partial charge on any atom is -0.380 e. The molecular weight excluding hydrogens is 345 g/mol. The summed E-state index contributed by atoms with van der Waals surface area (Å²) in [6.07, 6.45) is -4.80. The van der Waals surface area contributed by atoms with Crippen LogP contribution < -0.4 is 5.73 Å². The fourth-order valence-corrected chi connectivity index (χ4v) is 2.11. The fraction of sp³-hybridized carbons (Fsp3) is 0.562. The van der Waals surface area contributed by atoms with Crippen LogP contribution in [0.15, 0.2) is 24.3 Å². The van der Waals surface area contributed by atoms with Crippen molar-refractivity contribution in [3.63, 3.8) is 0 Å². The summed E-state index contributed by atoms with van der Waals surface area (Å²) in [5, 5.41) is 0. The maximum atomic E-state index is 12.7. The summed E-state index contributed by atoms with van der Waals surface area (Å²) in [5.41, 5.74) is 7.38. The minimum atomic E-state index is -4.44. The van der Waals surface area contributed by atoms with Crippen LogP contribution in [0.4, 0.5) is 13.2 Å². The van der Waals surface area contributed by atoms with E-state index in [1.807, 2.05) is 31.2 Å². The van der Waals surface area contributed by atoms with Crippen LogP contribution in [0.5, 0.6) is 0 Å². The lowest BCUT2D eigenvalue weighted by Crippen LogP contribution is -2.42. The number of nitrogens with zero attached hydrogens (tertiary/aromatic N) is 1. The molecule has 0 saturated heterocycles. The highest BCUT2D eigenvalue weighted by atomic mass is 35.5. The first-order chi connectivity index (χ1) is 10.7. The van der Waals surface area contributed by atoms with Gasteiger partial charge in [-0.2, -0.15) is 13.2 Å². The van der Waals surface area contributed by atoms with Crippen molar-refractivity contribution >= 4 is 18.3 Å². The van der Waals surface area contributed by atoms with Crippen molar-refractivity contribution in [1.29, 1.82) is 0 Å². The van der Waals surface area contributed by atoms with Gasteiger partial charge in [0, 0.05) is 20.2 Å². The molecule has 1 amide bonds. The standard InChI is InChI=1S/C16H23F3N2O2.ClH/c1-12-3-5-13(6-4-12)7-8-21(11-16(17,18)19)15(22)9-14(10-20)23-2;/h3-6,14H,7-11,20H2,1-2H3;1H. The normalized spacial score (nSPS) is 12.4. The summed E-state index contributed by atoms with van der Waals surface area (Å²) in [6.45, 7) is 0.752. The maximum absolute atomic E-state index is 12.7. The summed E-state index contributed by atoms with van der Waals surface area (Å²) in [7, 11) is 1.38. The second-order valence-electron chi connectivity index (χ2n) is 5.46. The predicted octanol–water partition coefficient (Wildman–Crippen LogP) is 2.71. The van der Waals surface area contributed by atoms with Crippen LogP contribution in [-0.4, -0.2) is 49.8 Å². The van der Waals surface area contributed by atoms with Crippen LogP contribution in [0, 0.1) is 6.92 Å². The number of hydrogen-bond acceptors (Lipinski definition) is 3. The van der Waals surface area contributed by atoms with Crippen molar-refractivity contribution in [3.8, 4) is 0 Å². The average Bonchev–Trinajstić information content (AvgIpc) is 2.49. The van der Waals surface area contributed by atoms with Gasteiger partial charge in [0.25, 0.3) is 0 Å². The fourth-order valence-electron chi connectivity index (χ4n) is 2.11. The van der Waals surface area contributed by atoms with E-state index in [4.69, 9.17) is 10.5 Å². The van der Waals surface area contributed by atoms with Gasteiger partial charge in [0.05, 0.1) is 12.5 Å². The third-order valence-corrected chi connectivity index (χ3v) is 3.51. The van der Waals surface area contributed by atoms with Crippen LogP contribution in [0.2, 0.25) is 0 Å². The molecule has 2 N–H and O–H groups in total. The molecule has 4 nitrogen and oxygen atoms in total. The van der Waals surface area contributed by atoms with Gasteiger partial charge in [-0.1, -0.05) is 29.8 Å². The van der Waals surface area contributed by atoms with E-state index in [9.17, 15) is 18.0 Å². The van der Waals surface area contributed by atoms with Gasteiger partial charge in [0.2, 0.25) is 5.91 Å². The van der Waals surface area contributed by atoms with E-state index in [-0.39, 0.29) is 31.9 Å². The summed E-state index contributed by atoms with van der Waals surface area (Å²) < 4.78 is 43.1. The molecule has 8 heteroatoms. The van der Waals surface area contributed by atoms with E-state index in [0.29, 0.717) is 6.42 Å². The molecule has 0 aliphatic rings. The van der Waals surface area contributed by atoms with Crippen LogP contribution >= 0.6 is 12.4 Å². The van der Waals surface area contributed by atoms with Crippen molar-refractivity contribution in [2.45, 2.75) is 32.0 Å². The Bertz CT molecular complexity index is 491. The van der Waals surface area contributed by atoms with Gasteiger partial charge < -0.3 is 15.4 Å². The number of rotatable bonds is 8. The first-order valence-corrected chi connectivity index (χ1v) is 7.38. The highest BCUT2D eigenvalue weighted by Gasteiger charge is 2.33. The molecule has 0 fully saturated rings. The first-order valence-electron chi connectivity index (χ1n) is 7.38. The van der Waals surface area contributed by atoms with Crippen LogP contribution in [0.25, 0.3) is 0 Å². The Balaban J connectivity index is 0.00000529. The van der Waals surface area contributed by atoms with Crippen LogP contribution in [0.1, 0.15) is 17.5 Å². The van der Waals surface area contributed by atoms with Crippen molar-refractivity contribution in [2.24, 2.45) is 5.73 Å². The molecule has 0 aromatic heterocycles. The Hall–Kier alpha value is -1.31. The topological polar surface area (TPSA) is 55.6 Å². The van der Waals surface area contributed by atoms with Gasteiger partial charge in [0.1, 0.15) is 6.54 Å². The number of methoxy groups -OCH3 is 1. The summed E-state index contributed by atoms with van der Waals surface area (Å²) in [6, 6.07) is 7.48. The van der Waals surface area contributed by atoms with Gasteiger partial charge in [-0.15, -0.1) is 12.4 Å². The smallest absolute Gasteiger partial charge is 0.380 e. The third kappa shape index (κ3) is 8.52. The summed E-state index contributed by atoms with van der Waals surface area (Å²) in [5.74, 6) is -0.605. The first kappa shape index (κ1) is 22.7. The molecule has 0 aliphatic carbocycles. The number of amides is 1. The number of ether oxygens (including phenoxy) is 1. The summed E-state index contributed by atoms with van der Waals surface area (Å²) in [4.78, 5) is 12.9. The Morgan fingerprint density at radius 2 is 1.88 bits per heavy atom. The molecule has 0 bridgehead atoms. The van der Waals surface area contributed by atoms with Crippen LogP contribution in [0.3, 0.4) is 0 Å². The molecule has 0 heterocycles. The van der Waals surface area contributed by atoms with Gasteiger partial charge in [-0.3, -0.25) is 4.79 Å². The Kier molecular flexibility index (Phi) is 9.96. The van der Waals surface area contributed by atoms with Crippen LogP contribution in [-0.2, 0) is 16.0 Å². The van der Waals surface area contributed by atoms with Crippen molar-refractivity contribution < 1.29 is 22.7 Å². The Morgan fingerprint density at radius 3 is 2.33 bits per heavy atom. The van der Waals surface area contributed by atoms with E-state index in [0.717, 1.165) is 16.0 Å². The van der Waals surface area contributed by atoms with Crippen molar-refractivity contribution in [1.82, 2.24) is 4.90 Å². The third-order valence-electron chi connectivity index (χ3n) is 3.51. The number of aryl methyl sites for hydroxylation is 1. The van der Waals surface area contributed by atoms with E-state index >= 15 is 0 Å². The highest BCUT2D eigenvalue weighted by molar-refractivity contribution is 5.85. The molecule has 24 heavy (non-hydrogen) atoms. The van der Waals surface area contributed by atoms with Gasteiger partial charge in [-0.05, 0) is 18.9 Å². The van der Waals surface area contributed by atoms with Gasteiger partial charge in [0.15, 0.2) is 0 Å². The number of carbonyl (C=O) groups excluding carboxylic acids is 1. The molecule has 0 aliphatic heterocycles. The van der Waals surface area contributed by atoms with E-state index in [1.165, 1.54) is 7.11 Å². The van der Waals surface area contributed by atoms with Crippen molar-refractivity contribution in [2.75, 3.05) is 26.7 Å². The largest absolute Gasteiger partial charge is 0.406 e. The molecule has 0 spiro atoms. The second-order valence-corrected chi connectivity index (χ2v) is 5.46. The van der Waals surface area contributed by atoms with E-state index in [2.05, 4.69) is 0 Å². The highest BCUT2D eigenvalue weighted by Crippen LogP contribution is 2.18. The number of benzene rings is 1. The lowest BCUT2D eigenvalue weighted by atomic mass is 10.1. The lowest BCUT2D eigenvalue weighted by molar-refractivity contribution is -0.162. The quantitative estimate of drug-likeness (QED) is 0.767. The summed E-state index contributed by atoms with van der Waals surface area (Å²) >= 11 is 0. The molecular formula is C16H24ClF3N2O2. The molecule has 1 aromatic carbocycles. The lowest BCUT2D eigenvalue weighted by Gasteiger charge is -2.25. The average molecular weight is 369 g/mol.